The number of aryl methyl sites for hydroxylation is 2. The molecule has 6 heteroatoms. The zero-order valence-corrected chi connectivity index (χ0v) is 16.4. The van der Waals surface area contributed by atoms with Crippen molar-refractivity contribution >= 4 is 40.3 Å². The summed E-state index contributed by atoms with van der Waals surface area (Å²) in [6.07, 6.45) is 2.91. The van der Waals surface area contributed by atoms with Crippen LogP contribution in [0.1, 0.15) is 23.1 Å². The minimum absolute atomic E-state index is 0.0397. The second-order valence-electron chi connectivity index (χ2n) is 6.50. The molecule has 2 fully saturated rings. The van der Waals surface area contributed by atoms with Crippen molar-refractivity contribution in [3.63, 3.8) is 0 Å². The highest BCUT2D eigenvalue weighted by atomic mass is 32.2. The Hall–Kier alpha value is -1.21. The largest absolute Gasteiger partial charge is 0.379 e. The molecule has 0 atom stereocenters. The molecular formula is C19H24N2O2S2. The van der Waals surface area contributed by atoms with E-state index in [1.165, 1.54) is 22.9 Å². The molecule has 1 amide bonds. The van der Waals surface area contributed by atoms with Gasteiger partial charge in [-0.05, 0) is 37.5 Å². The number of thiocarbonyl (C=S) groups is 1. The molecule has 0 spiro atoms. The summed E-state index contributed by atoms with van der Waals surface area (Å²) in [5.41, 5.74) is 3.45. The Bertz CT molecular complexity index is 697. The number of hydrogen-bond donors (Lipinski definition) is 0. The molecule has 2 aliphatic heterocycles. The van der Waals surface area contributed by atoms with Crippen molar-refractivity contribution in [2.75, 3.05) is 39.4 Å². The Morgan fingerprint density at radius 1 is 1.24 bits per heavy atom. The highest BCUT2D eigenvalue weighted by Gasteiger charge is 2.31. The van der Waals surface area contributed by atoms with Crippen LogP contribution >= 0.6 is 24.0 Å². The third kappa shape index (κ3) is 4.70. The Morgan fingerprint density at radius 2 is 2.00 bits per heavy atom. The lowest BCUT2D eigenvalue weighted by Crippen LogP contribution is -2.38. The predicted octanol–water partition coefficient (Wildman–Crippen LogP) is 3.23. The topological polar surface area (TPSA) is 32.8 Å². The molecule has 0 unspecified atom stereocenters. The fraction of sp³-hybridized carbons (Fsp3) is 0.474. The Kier molecular flexibility index (Phi) is 6.28. The molecule has 2 saturated heterocycles. The highest BCUT2D eigenvalue weighted by Crippen LogP contribution is 2.33. The lowest BCUT2D eigenvalue weighted by molar-refractivity contribution is -0.122. The van der Waals surface area contributed by atoms with Crippen molar-refractivity contribution in [1.29, 1.82) is 0 Å². The van der Waals surface area contributed by atoms with Crippen molar-refractivity contribution in [3.8, 4) is 0 Å². The van der Waals surface area contributed by atoms with Gasteiger partial charge in [0.05, 0.1) is 18.1 Å². The molecule has 0 N–H and O–H groups in total. The normalized spacial score (nSPS) is 20.7. The molecule has 25 heavy (non-hydrogen) atoms. The van der Waals surface area contributed by atoms with Gasteiger partial charge >= 0.3 is 0 Å². The molecule has 2 aliphatic rings. The molecule has 0 bridgehead atoms. The molecule has 0 saturated carbocycles. The van der Waals surface area contributed by atoms with E-state index in [1.54, 1.807) is 4.90 Å². The number of carbonyl (C=O) groups excluding carboxylic acids is 1. The van der Waals surface area contributed by atoms with Crippen LogP contribution in [0.25, 0.3) is 6.08 Å². The van der Waals surface area contributed by atoms with Crippen molar-refractivity contribution in [2.24, 2.45) is 0 Å². The molecule has 0 aromatic heterocycles. The molecule has 4 nitrogen and oxygen atoms in total. The van der Waals surface area contributed by atoms with Gasteiger partial charge in [-0.25, -0.2) is 0 Å². The second kappa shape index (κ2) is 8.45. The summed E-state index contributed by atoms with van der Waals surface area (Å²) in [5, 5.41) is 0. The van der Waals surface area contributed by atoms with Gasteiger partial charge in [0.1, 0.15) is 4.32 Å². The van der Waals surface area contributed by atoms with Crippen molar-refractivity contribution in [2.45, 2.75) is 20.3 Å². The third-order valence-corrected chi connectivity index (χ3v) is 5.93. The molecule has 0 aliphatic carbocycles. The average molecular weight is 377 g/mol. The number of morpholine rings is 1. The second-order valence-corrected chi connectivity index (χ2v) is 8.18. The summed E-state index contributed by atoms with van der Waals surface area (Å²) < 4.78 is 6.03. The summed E-state index contributed by atoms with van der Waals surface area (Å²) in [4.78, 5) is 17.6. The molecule has 2 heterocycles. The zero-order chi connectivity index (χ0) is 17.8. The Balaban J connectivity index is 1.61. The van der Waals surface area contributed by atoms with E-state index in [0.29, 0.717) is 10.9 Å². The first-order chi connectivity index (χ1) is 12.0. The van der Waals surface area contributed by atoms with E-state index in [-0.39, 0.29) is 5.91 Å². The number of thioether (sulfide) groups is 1. The predicted molar refractivity (Wildman–Crippen MR) is 108 cm³/mol. The maximum Gasteiger partial charge on any atom is 0.266 e. The quantitative estimate of drug-likeness (QED) is 0.582. The fourth-order valence-corrected chi connectivity index (χ4v) is 4.33. The monoisotopic (exact) mass is 376 g/mol. The first-order valence-corrected chi connectivity index (χ1v) is 9.90. The van der Waals surface area contributed by atoms with Crippen LogP contribution in [0.4, 0.5) is 0 Å². The van der Waals surface area contributed by atoms with Gasteiger partial charge in [-0.15, -0.1) is 0 Å². The molecule has 134 valence electrons. The van der Waals surface area contributed by atoms with Crippen molar-refractivity contribution in [3.05, 3.63) is 39.8 Å². The lowest BCUT2D eigenvalue weighted by Gasteiger charge is -2.27. The number of nitrogens with zero attached hydrogens (tertiary/aromatic N) is 2. The molecule has 1 aromatic rings. The van der Waals surface area contributed by atoms with E-state index in [4.69, 9.17) is 17.0 Å². The smallest absolute Gasteiger partial charge is 0.266 e. The van der Waals surface area contributed by atoms with Crippen LogP contribution in [0.5, 0.6) is 0 Å². The number of benzene rings is 1. The Morgan fingerprint density at radius 3 is 2.76 bits per heavy atom. The van der Waals surface area contributed by atoms with Crippen molar-refractivity contribution in [1.82, 2.24) is 9.80 Å². The summed E-state index contributed by atoms with van der Waals surface area (Å²) in [5.74, 6) is 0.0397. The van der Waals surface area contributed by atoms with E-state index < -0.39 is 0 Å². The van der Waals surface area contributed by atoms with Gasteiger partial charge in [0.25, 0.3) is 5.91 Å². The summed E-state index contributed by atoms with van der Waals surface area (Å²) in [6.45, 7) is 9.36. The molecule has 1 aromatic carbocycles. The number of hydrogen-bond acceptors (Lipinski definition) is 5. The standard InChI is InChI=1S/C19H24N2O2S2/c1-14-4-5-15(2)16(12-14)13-17-18(22)21(19(24)25-17)7-3-6-20-8-10-23-11-9-20/h4-5,12-13H,3,6-11H2,1-2H3. The van der Waals surface area contributed by atoms with Crippen LogP contribution in [0.15, 0.2) is 23.1 Å². The minimum atomic E-state index is 0.0397. The third-order valence-electron chi connectivity index (χ3n) is 4.55. The van der Waals surface area contributed by atoms with E-state index in [1.807, 2.05) is 6.08 Å². The van der Waals surface area contributed by atoms with Crippen LogP contribution in [-0.2, 0) is 9.53 Å². The van der Waals surface area contributed by atoms with E-state index in [9.17, 15) is 4.79 Å². The zero-order valence-electron chi connectivity index (χ0n) is 14.8. The van der Waals surface area contributed by atoms with Gasteiger partial charge in [0, 0.05) is 26.2 Å². The highest BCUT2D eigenvalue weighted by molar-refractivity contribution is 8.26. The van der Waals surface area contributed by atoms with Crippen LogP contribution < -0.4 is 0 Å². The van der Waals surface area contributed by atoms with Crippen LogP contribution in [0.2, 0.25) is 0 Å². The van der Waals surface area contributed by atoms with Gasteiger partial charge in [0.2, 0.25) is 0 Å². The van der Waals surface area contributed by atoms with Gasteiger partial charge < -0.3 is 4.74 Å². The number of carbonyl (C=O) groups is 1. The van der Waals surface area contributed by atoms with Crippen molar-refractivity contribution < 1.29 is 9.53 Å². The fourth-order valence-electron chi connectivity index (χ4n) is 3.03. The van der Waals surface area contributed by atoms with Crippen LogP contribution in [-0.4, -0.2) is 59.4 Å². The number of rotatable bonds is 5. The van der Waals surface area contributed by atoms with Gasteiger partial charge in [-0.3, -0.25) is 14.6 Å². The summed E-state index contributed by atoms with van der Waals surface area (Å²) in [7, 11) is 0. The summed E-state index contributed by atoms with van der Waals surface area (Å²) >= 11 is 6.85. The molecule has 3 rings (SSSR count). The maximum atomic E-state index is 12.7. The lowest BCUT2D eigenvalue weighted by atomic mass is 10.1. The van der Waals surface area contributed by atoms with Crippen LogP contribution in [0, 0.1) is 13.8 Å². The van der Waals surface area contributed by atoms with E-state index in [0.717, 1.165) is 49.7 Å². The maximum absolute atomic E-state index is 12.7. The van der Waals surface area contributed by atoms with Gasteiger partial charge in [-0.1, -0.05) is 47.7 Å². The first-order valence-electron chi connectivity index (χ1n) is 8.67. The first kappa shape index (κ1) is 18.6. The number of amides is 1. The van der Waals surface area contributed by atoms with Gasteiger partial charge in [-0.2, -0.15) is 0 Å². The molecule has 0 radical (unpaired) electrons. The molecular weight excluding hydrogens is 352 g/mol. The van der Waals surface area contributed by atoms with Gasteiger partial charge in [0.15, 0.2) is 0 Å². The summed E-state index contributed by atoms with van der Waals surface area (Å²) in [6, 6.07) is 6.29. The Labute approximate surface area is 159 Å². The van der Waals surface area contributed by atoms with E-state index >= 15 is 0 Å². The van der Waals surface area contributed by atoms with Crippen LogP contribution in [0.3, 0.4) is 0 Å². The number of ether oxygens (including phenoxy) is 1. The average Bonchev–Trinajstić information content (AvgIpc) is 2.86. The SMILES string of the molecule is Cc1ccc(C)c(C=C2SC(=S)N(CCCN3CCOCC3)C2=O)c1. The van der Waals surface area contributed by atoms with E-state index in [2.05, 4.69) is 36.9 Å². The minimum Gasteiger partial charge on any atom is -0.379 e.